The van der Waals surface area contributed by atoms with Gasteiger partial charge >= 0.3 is 0 Å². The third-order valence-corrected chi connectivity index (χ3v) is 4.42. The molecule has 0 saturated carbocycles. The minimum absolute atomic E-state index is 0.0940. The van der Waals surface area contributed by atoms with Crippen molar-refractivity contribution in [1.29, 1.82) is 0 Å². The first-order valence-electron chi connectivity index (χ1n) is 8.78. The molecule has 0 saturated heterocycles. The van der Waals surface area contributed by atoms with E-state index in [1.807, 2.05) is 19.9 Å². The van der Waals surface area contributed by atoms with Crippen LogP contribution in [0.1, 0.15) is 59.8 Å². The molecule has 4 nitrogen and oxygen atoms in total. The maximum Gasteiger partial charge on any atom is 0.218 e. The van der Waals surface area contributed by atoms with E-state index in [1.165, 1.54) is 0 Å². The molecule has 2 atom stereocenters. The number of benzene rings is 2. The number of amides is 1. The maximum absolute atomic E-state index is 15.3. The standard InChI is InChI=1S/C21H25FN2O2/c1-4-17(24-14(3)12-18(23)25)16-11-10-13(2)19(20(16)22)21(26)15-8-6-5-7-9-15/h5-11,14,17,24H,4,12H2,1-3H3,(H2,23,25)/t14-,17+/m0/s1. The molecule has 5 heteroatoms. The molecular weight excluding hydrogens is 331 g/mol. The number of nitrogens with two attached hydrogens (primary N) is 1. The number of hydrogen-bond acceptors (Lipinski definition) is 3. The Labute approximate surface area is 153 Å². The van der Waals surface area contributed by atoms with Crippen molar-refractivity contribution in [2.75, 3.05) is 0 Å². The van der Waals surface area contributed by atoms with Crippen LogP contribution in [0.3, 0.4) is 0 Å². The van der Waals surface area contributed by atoms with Crippen molar-refractivity contribution < 1.29 is 14.0 Å². The highest BCUT2D eigenvalue weighted by molar-refractivity contribution is 6.10. The predicted molar refractivity (Wildman–Crippen MR) is 100 cm³/mol. The van der Waals surface area contributed by atoms with Crippen molar-refractivity contribution in [2.24, 2.45) is 5.73 Å². The molecular formula is C21H25FN2O2. The zero-order valence-corrected chi connectivity index (χ0v) is 15.4. The molecule has 0 radical (unpaired) electrons. The van der Waals surface area contributed by atoms with E-state index < -0.39 is 11.7 Å². The van der Waals surface area contributed by atoms with Crippen LogP contribution in [0.5, 0.6) is 0 Å². The summed E-state index contributed by atoms with van der Waals surface area (Å²) in [5, 5.41) is 3.23. The fraction of sp³-hybridized carbons (Fsp3) is 0.333. The van der Waals surface area contributed by atoms with E-state index in [0.29, 0.717) is 23.1 Å². The molecule has 0 heterocycles. The Morgan fingerprint density at radius 3 is 2.38 bits per heavy atom. The molecule has 1 amide bonds. The quantitative estimate of drug-likeness (QED) is 0.709. The number of halogens is 1. The van der Waals surface area contributed by atoms with Crippen LogP contribution in [-0.2, 0) is 4.79 Å². The lowest BCUT2D eigenvalue weighted by Gasteiger charge is -2.23. The highest BCUT2D eigenvalue weighted by atomic mass is 19.1. The molecule has 3 N–H and O–H groups in total. The number of aryl methyl sites for hydroxylation is 1. The Hall–Kier alpha value is -2.53. The van der Waals surface area contributed by atoms with Gasteiger partial charge in [-0.15, -0.1) is 0 Å². The fourth-order valence-electron chi connectivity index (χ4n) is 3.10. The lowest BCUT2D eigenvalue weighted by molar-refractivity contribution is -0.118. The molecule has 0 unspecified atom stereocenters. The van der Waals surface area contributed by atoms with Crippen molar-refractivity contribution in [3.63, 3.8) is 0 Å². The highest BCUT2D eigenvalue weighted by Gasteiger charge is 2.24. The van der Waals surface area contributed by atoms with Gasteiger partial charge in [0.1, 0.15) is 5.82 Å². The first-order chi connectivity index (χ1) is 12.3. The first-order valence-corrected chi connectivity index (χ1v) is 8.78. The van der Waals surface area contributed by atoms with Crippen molar-refractivity contribution in [2.45, 2.75) is 45.7 Å². The average Bonchev–Trinajstić information content (AvgIpc) is 2.60. The van der Waals surface area contributed by atoms with E-state index in [4.69, 9.17) is 5.73 Å². The minimum atomic E-state index is -0.510. The number of hydrogen-bond donors (Lipinski definition) is 2. The van der Waals surface area contributed by atoms with Crippen LogP contribution in [0.25, 0.3) is 0 Å². The van der Waals surface area contributed by atoms with Gasteiger partial charge < -0.3 is 11.1 Å². The Bertz CT molecular complexity index is 790. The van der Waals surface area contributed by atoms with Crippen LogP contribution in [0, 0.1) is 12.7 Å². The minimum Gasteiger partial charge on any atom is -0.370 e. The molecule has 0 aliphatic carbocycles. The Morgan fingerprint density at radius 2 is 1.81 bits per heavy atom. The normalized spacial score (nSPS) is 13.2. The van der Waals surface area contributed by atoms with E-state index in [-0.39, 0.29) is 29.9 Å². The summed E-state index contributed by atoms with van der Waals surface area (Å²) in [6, 6.07) is 11.6. The molecule has 2 aromatic carbocycles. The van der Waals surface area contributed by atoms with Crippen LogP contribution < -0.4 is 11.1 Å². The number of ketones is 1. The molecule has 0 aliphatic heterocycles. The van der Waals surface area contributed by atoms with E-state index in [9.17, 15) is 9.59 Å². The lowest BCUT2D eigenvalue weighted by atomic mass is 9.92. The number of carbonyl (C=O) groups excluding carboxylic acids is 2. The molecule has 0 spiro atoms. The Balaban J connectivity index is 2.38. The topological polar surface area (TPSA) is 72.2 Å². The number of nitrogens with one attached hydrogen (secondary N) is 1. The SMILES string of the molecule is CC[C@@H](N[C@@H](C)CC(N)=O)c1ccc(C)c(C(=O)c2ccccc2)c1F. The smallest absolute Gasteiger partial charge is 0.218 e. The van der Waals surface area contributed by atoms with E-state index in [2.05, 4.69) is 5.32 Å². The van der Waals surface area contributed by atoms with Gasteiger partial charge in [-0.05, 0) is 25.8 Å². The monoisotopic (exact) mass is 356 g/mol. The van der Waals surface area contributed by atoms with Gasteiger partial charge in [0.15, 0.2) is 5.78 Å². The molecule has 0 aliphatic rings. The average molecular weight is 356 g/mol. The van der Waals surface area contributed by atoms with Crippen molar-refractivity contribution in [1.82, 2.24) is 5.32 Å². The van der Waals surface area contributed by atoms with Gasteiger partial charge in [-0.25, -0.2) is 4.39 Å². The van der Waals surface area contributed by atoms with Gasteiger partial charge in [0.25, 0.3) is 0 Å². The van der Waals surface area contributed by atoms with Crippen molar-refractivity contribution in [3.8, 4) is 0 Å². The number of carbonyl (C=O) groups is 2. The molecule has 26 heavy (non-hydrogen) atoms. The zero-order chi connectivity index (χ0) is 19.3. The highest BCUT2D eigenvalue weighted by Crippen LogP contribution is 2.27. The van der Waals surface area contributed by atoms with Crippen LogP contribution in [-0.4, -0.2) is 17.7 Å². The molecule has 2 rings (SSSR count). The van der Waals surface area contributed by atoms with Gasteiger partial charge in [-0.3, -0.25) is 9.59 Å². The van der Waals surface area contributed by atoms with E-state index >= 15 is 4.39 Å². The molecule has 0 aromatic heterocycles. The largest absolute Gasteiger partial charge is 0.370 e. The summed E-state index contributed by atoms with van der Waals surface area (Å²) in [4.78, 5) is 23.9. The van der Waals surface area contributed by atoms with Crippen LogP contribution in [0.4, 0.5) is 4.39 Å². The van der Waals surface area contributed by atoms with E-state index in [0.717, 1.165) is 0 Å². The zero-order valence-electron chi connectivity index (χ0n) is 15.4. The van der Waals surface area contributed by atoms with Crippen LogP contribution in [0.15, 0.2) is 42.5 Å². The number of rotatable bonds is 8. The Morgan fingerprint density at radius 1 is 1.15 bits per heavy atom. The molecule has 0 fully saturated rings. The predicted octanol–water partition coefficient (Wildman–Crippen LogP) is 3.67. The van der Waals surface area contributed by atoms with Crippen LogP contribution >= 0.6 is 0 Å². The summed E-state index contributed by atoms with van der Waals surface area (Å²) < 4.78 is 15.3. The lowest BCUT2D eigenvalue weighted by Crippen LogP contribution is -2.34. The second kappa shape index (κ2) is 8.72. The van der Waals surface area contributed by atoms with Crippen molar-refractivity contribution >= 4 is 11.7 Å². The van der Waals surface area contributed by atoms with Gasteiger partial charge in [0, 0.05) is 29.6 Å². The summed E-state index contributed by atoms with van der Waals surface area (Å²) in [5.41, 5.74) is 6.80. The summed E-state index contributed by atoms with van der Waals surface area (Å²) in [6.07, 6.45) is 0.780. The first kappa shape index (κ1) is 19.8. The summed E-state index contributed by atoms with van der Waals surface area (Å²) in [5.74, 6) is -1.25. The maximum atomic E-state index is 15.3. The van der Waals surface area contributed by atoms with Gasteiger partial charge in [-0.2, -0.15) is 0 Å². The summed E-state index contributed by atoms with van der Waals surface area (Å²) in [6.45, 7) is 5.48. The molecule has 2 aromatic rings. The molecule has 0 bridgehead atoms. The van der Waals surface area contributed by atoms with Gasteiger partial charge in [0.05, 0.1) is 5.56 Å². The van der Waals surface area contributed by atoms with E-state index in [1.54, 1.807) is 43.3 Å². The van der Waals surface area contributed by atoms with Gasteiger partial charge in [0.2, 0.25) is 5.91 Å². The van der Waals surface area contributed by atoms with Crippen LogP contribution in [0.2, 0.25) is 0 Å². The second-order valence-corrected chi connectivity index (χ2v) is 6.55. The molecule has 138 valence electrons. The number of primary amides is 1. The Kier molecular flexibility index (Phi) is 6.64. The summed E-state index contributed by atoms with van der Waals surface area (Å²) in [7, 11) is 0. The fourth-order valence-corrected chi connectivity index (χ4v) is 3.10. The third-order valence-electron chi connectivity index (χ3n) is 4.42. The van der Waals surface area contributed by atoms with Crippen molar-refractivity contribution in [3.05, 3.63) is 70.5 Å². The summed E-state index contributed by atoms with van der Waals surface area (Å²) >= 11 is 0. The van der Waals surface area contributed by atoms with Gasteiger partial charge in [-0.1, -0.05) is 49.4 Å². The third kappa shape index (κ3) is 4.55. The second-order valence-electron chi connectivity index (χ2n) is 6.55.